The van der Waals surface area contributed by atoms with Crippen LogP contribution in [0, 0.1) is 11.3 Å². The summed E-state index contributed by atoms with van der Waals surface area (Å²) in [6, 6.07) is 13.8. The second-order valence-electron chi connectivity index (χ2n) is 5.64. The lowest BCUT2D eigenvalue weighted by Crippen LogP contribution is -2.13. The maximum absolute atomic E-state index is 12.4. The lowest BCUT2D eigenvalue weighted by atomic mass is 10.1. The van der Waals surface area contributed by atoms with Gasteiger partial charge in [0.05, 0.1) is 5.69 Å². The van der Waals surface area contributed by atoms with Gasteiger partial charge < -0.3 is 10.2 Å². The molecule has 0 saturated heterocycles. The fourth-order valence-electron chi connectivity index (χ4n) is 2.33. The summed E-state index contributed by atoms with van der Waals surface area (Å²) in [4.78, 5) is 17.8. The zero-order valence-corrected chi connectivity index (χ0v) is 16.3. The largest absolute Gasteiger partial charge is 0.504 e. The summed E-state index contributed by atoms with van der Waals surface area (Å²) < 4.78 is 0. The van der Waals surface area contributed by atoms with Crippen LogP contribution in [0.4, 0.5) is 5.13 Å². The Morgan fingerprint density at radius 3 is 2.61 bits per heavy atom. The number of aromatic nitrogens is 1. The number of nitrogens with zero attached hydrogens (tertiary/aromatic N) is 2. The summed E-state index contributed by atoms with van der Waals surface area (Å²) >= 11 is 2.81. The van der Waals surface area contributed by atoms with Gasteiger partial charge in [0.25, 0.3) is 5.91 Å². The highest BCUT2D eigenvalue weighted by atomic mass is 32.2. The van der Waals surface area contributed by atoms with Crippen LogP contribution >= 0.6 is 23.1 Å². The zero-order valence-electron chi connectivity index (χ0n) is 14.7. The number of rotatable bonds is 5. The second-order valence-corrected chi connectivity index (χ2v) is 7.38. The standard InChI is InChI=1S/C20H15N3O3S2/c1-27-15-5-2-12(3-6-15)8-14(10-21)19(26)23-20-22-16(11-28-20)13-4-7-17(24)18(25)9-13/h2-9,11,24-25H,1H3,(H,22,23,26)/b14-8+. The minimum atomic E-state index is -0.550. The first-order valence-corrected chi connectivity index (χ1v) is 10.2. The third kappa shape index (κ3) is 4.52. The number of carbonyl (C=O) groups excluding carboxylic acids is 1. The summed E-state index contributed by atoms with van der Waals surface area (Å²) in [6.45, 7) is 0. The topological polar surface area (TPSA) is 106 Å². The van der Waals surface area contributed by atoms with Crippen molar-refractivity contribution < 1.29 is 15.0 Å². The van der Waals surface area contributed by atoms with Crippen molar-refractivity contribution >= 4 is 40.2 Å². The molecule has 0 spiro atoms. The van der Waals surface area contributed by atoms with Crippen LogP contribution in [0.2, 0.25) is 0 Å². The summed E-state index contributed by atoms with van der Waals surface area (Å²) in [5.74, 6) is -1.02. The van der Waals surface area contributed by atoms with Gasteiger partial charge in [0.2, 0.25) is 0 Å². The third-order valence-electron chi connectivity index (χ3n) is 3.79. The maximum atomic E-state index is 12.4. The maximum Gasteiger partial charge on any atom is 0.268 e. The number of hydrogen-bond acceptors (Lipinski definition) is 7. The van der Waals surface area contributed by atoms with Crippen molar-refractivity contribution in [3.63, 3.8) is 0 Å². The molecule has 0 aliphatic heterocycles. The molecule has 0 aliphatic carbocycles. The van der Waals surface area contributed by atoms with E-state index in [1.54, 1.807) is 23.2 Å². The molecule has 1 heterocycles. The molecule has 0 atom stereocenters. The van der Waals surface area contributed by atoms with E-state index in [1.165, 1.54) is 29.5 Å². The van der Waals surface area contributed by atoms with Crippen LogP contribution in [0.15, 0.2) is 58.3 Å². The Kier molecular flexibility index (Phi) is 5.99. The molecule has 1 amide bonds. The first-order chi connectivity index (χ1) is 13.5. The number of thiazole rings is 1. The molecule has 6 nitrogen and oxygen atoms in total. The summed E-state index contributed by atoms with van der Waals surface area (Å²) in [5.41, 5.74) is 1.85. The minimum Gasteiger partial charge on any atom is -0.504 e. The molecule has 3 aromatic rings. The molecule has 0 bridgehead atoms. The number of aromatic hydroxyl groups is 2. The number of thioether (sulfide) groups is 1. The number of nitriles is 1. The van der Waals surface area contributed by atoms with Crippen LogP contribution in [0.5, 0.6) is 11.5 Å². The third-order valence-corrected chi connectivity index (χ3v) is 5.29. The predicted octanol–water partition coefficient (Wildman–Crippen LogP) is 4.49. The van der Waals surface area contributed by atoms with Crippen molar-refractivity contribution in [2.75, 3.05) is 11.6 Å². The van der Waals surface area contributed by atoms with E-state index in [1.807, 2.05) is 36.6 Å². The van der Waals surface area contributed by atoms with E-state index < -0.39 is 5.91 Å². The predicted molar refractivity (Wildman–Crippen MR) is 111 cm³/mol. The molecule has 3 N–H and O–H groups in total. The lowest BCUT2D eigenvalue weighted by Gasteiger charge is -2.02. The summed E-state index contributed by atoms with van der Waals surface area (Å²) in [7, 11) is 0. The van der Waals surface area contributed by atoms with Crippen LogP contribution in [-0.4, -0.2) is 27.4 Å². The number of phenolic OH excluding ortho intramolecular Hbond substituents is 2. The smallest absolute Gasteiger partial charge is 0.268 e. The van der Waals surface area contributed by atoms with E-state index in [-0.39, 0.29) is 17.1 Å². The number of phenols is 2. The average molecular weight is 409 g/mol. The highest BCUT2D eigenvalue weighted by Crippen LogP contribution is 2.32. The van der Waals surface area contributed by atoms with Gasteiger partial charge >= 0.3 is 0 Å². The molecule has 0 saturated carbocycles. The van der Waals surface area contributed by atoms with Crippen LogP contribution in [-0.2, 0) is 4.79 Å². The molecule has 0 fully saturated rings. The molecule has 140 valence electrons. The quantitative estimate of drug-likeness (QED) is 0.248. The Morgan fingerprint density at radius 2 is 1.96 bits per heavy atom. The average Bonchev–Trinajstić information content (AvgIpc) is 3.17. The minimum absolute atomic E-state index is 0.0315. The van der Waals surface area contributed by atoms with Crippen LogP contribution in [0.3, 0.4) is 0 Å². The van der Waals surface area contributed by atoms with Gasteiger partial charge in [-0.15, -0.1) is 23.1 Å². The van der Waals surface area contributed by atoms with E-state index in [9.17, 15) is 20.3 Å². The van der Waals surface area contributed by atoms with Crippen molar-refractivity contribution in [1.82, 2.24) is 4.98 Å². The fraction of sp³-hybridized carbons (Fsp3) is 0.0500. The van der Waals surface area contributed by atoms with Gasteiger partial charge in [0.1, 0.15) is 11.6 Å². The number of carbonyl (C=O) groups is 1. The van der Waals surface area contributed by atoms with Gasteiger partial charge in [-0.1, -0.05) is 12.1 Å². The summed E-state index contributed by atoms with van der Waals surface area (Å²) in [5, 5.41) is 33.0. The van der Waals surface area contributed by atoms with Gasteiger partial charge in [-0.2, -0.15) is 5.26 Å². The van der Waals surface area contributed by atoms with E-state index in [4.69, 9.17) is 0 Å². The molecule has 0 radical (unpaired) electrons. The number of hydrogen-bond donors (Lipinski definition) is 3. The van der Waals surface area contributed by atoms with Gasteiger partial charge in [-0.3, -0.25) is 10.1 Å². The SMILES string of the molecule is CSc1ccc(/C=C(\C#N)C(=O)Nc2nc(-c3ccc(O)c(O)c3)cs2)cc1. The van der Waals surface area contributed by atoms with Gasteiger partial charge in [0, 0.05) is 15.8 Å². The molecule has 28 heavy (non-hydrogen) atoms. The number of benzene rings is 2. The van der Waals surface area contributed by atoms with Gasteiger partial charge in [0.15, 0.2) is 16.6 Å². The van der Waals surface area contributed by atoms with Crippen LogP contribution < -0.4 is 5.32 Å². The summed E-state index contributed by atoms with van der Waals surface area (Å²) in [6.07, 6.45) is 3.49. The Balaban J connectivity index is 1.76. The van der Waals surface area contributed by atoms with E-state index >= 15 is 0 Å². The van der Waals surface area contributed by atoms with E-state index in [2.05, 4.69) is 10.3 Å². The van der Waals surface area contributed by atoms with Crippen LogP contribution in [0.25, 0.3) is 17.3 Å². The van der Waals surface area contributed by atoms with Gasteiger partial charge in [-0.05, 0) is 48.2 Å². The van der Waals surface area contributed by atoms with Crippen molar-refractivity contribution in [3.05, 3.63) is 59.0 Å². The monoisotopic (exact) mass is 409 g/mol. The number of nitrogens with one attached hydrogen (secondary N) is 1. The number of amides is 1. The number of anilines is 1. The molecular weight excluding hydrogens is 394 g/mol. The zero-order chi connectivity index (χ0) is 20.1. The Bertz CT molecular complexity index is 1080. The molecule has 2 aromatic carbocycles. The second kappa shape index (κ2) is 8.61. The van der Waals surface area contributed by atoms with E-state index in [0.717, 1.165) is 10.5 Å². The highest BCUT2D eigenvalue weighted by Gasteiger charge is 2.13. The lowest BCUT2D eigenvalue weighted by molar-refractivity contribution is -0.112. The molecular formula is C20H15N3O3S2. The molecule has 0 unspecified atom stereocenters. The highest BCUT2D eigenvalue weighted by molar-refractivity contribution is 7.98. The fourth-order valence-corrected chi connectivity index (χ4v) is 3.45. The first kappa shape index (κ1) is 19.5. The molecule has 8 heteroatoms. The Labute approximate surface area is 169 Å². The van der Waals surface area contributed by atoms with Crippen molar-refractivity contribution in [3.8, 4) is 28.8 Å². The normalized spacial score (nSPS) is 11.1. The first-order valence-electron chi connectivity index (χ1n) is 8.05. The van der Waals surface area contributed by atoms with Crippen molar-refractivity contribution in [2.45, 2.75) is 4.90 Å². The molecule has 1 aromatic heterocycles. The Hall–Kier alpha value is -3.28. The van der Waals surface area contributed by atoms with Gasteiger partial charge in [-0.25, -0.2) is 4.98 Å². The van der Waals surface area contributed by atoms with E-state index in [0.29, 0.717) is 16.4 Å². The molecule has 3 rings (SSSR count). The van der Waals surface area contributed by atoms with Crippen LogP contribution in [0.1, 0.15) is 5.56 Å². The van der Waals surface area contributed by atoms with Crippen molar-refractivity contribution in [2.24, 2.45) is 0 Å². The van der Waals surface area contributed by atoms with Crippen molar-refractivity contribution in [1.29, 1.82) is 5.26 Å². The Morgan fingerprint density at radius 1 is 1.21 bits per heavy atom. The molecule has 0 aliphatic rings.